The third kappa shape index (κ3) is 4.06. The van der Waals surface area contributed by atoms with E-state index in [-0.39, 0.29) is 11.5 Å². The highest BCUT2D eigenvalue weighted by atomic mass is 32.2. The van der Waals surface area contributed by atoms with Gasteiger partial charge in [0.25, 0.3) is 11.5 Å². The molecule has 2 aromatic rings. The number of nitrogens with one attached hydrogen (secondary N) is 1. The van der Waals surface area contributed by atoms with Crippen LogP contribution in [-0.4, -0.2) is 37.6 Å². The van der Waals surface area contributed by atoms with Gasteiger partial charge < -0.3 is 5.32 Å². The van der Waals surface area contributed by atoms with Gasteiger partial charge >= 0.3 is 0 Å². The normalized spacial score (nSPS) is 16.1. The molecule has 1 aliphatic heterocycles. The largest absolute Gasteiger partial charge is 0.369 e. The Hall–Kier alpha value is -2.19. The van der Waals surface area contributed by atoms with Crippen molar-refractivity contribution in [1.29, 1.82) is 0 Å². The molecule has 0 unspecified atom stereocenters. The number of carbonyl (C=O) groups excluding carboxylic acids is 1. The highest BCUT2D eigenvalue weighted by Crippen LogP contribution is 2.33. The molecule has 27 heavy (non-hydrogen) atoms. The van der Waals surface area contributed by atoms with Gasteiger partial charge in [-0.25, -0.2) is 4.98 Å². The molecule has 3 heterocycles. The fourth-order valence-corrected chi connectivity index (χ4v) is 4.02. The smallest absolute Gasteiger partial charge is 0.267 e. The average Bonchev–Trinajstić information content (AvgIpc) is 2.89. The van der Waals surface area contributed by atoms with E-state index in [0.717, 1.165) is 6.42 Å². The number of carbonyl (C=O) groups is 1. The molecule has 1 N–H and O–H groups in total. The highest BCUT2D eigenvalue weighted by molar-refractivity contribution is 8.26. The zero-order chi connectivity index (χ0) is 19.6. The first kappa shape index (κ1) is 19.6. The van der Waals surface area contributed by atoms with Gasteiger partial charge in [0.2, 0.25) is 0 Å². The van der Waals surface area contributed by atoms with Crippen LogP contribution in [0, 0.1) is 5.92 Å². The van der Waals surface area contributed by atoms with Crippen molar-refractivity contribution in [2.24, 2.45) is 5.92 Å². The highest BCUT2D eigenvalue weighted by Gasteiger charge is 2.32. The molecule has 142 valence electrons. The van der Waals surface area contributed by atoms with E-state index in [1.807, 2.05) is 26.8 Å². The lowest BCUT2D eigenvalue weighted by Crippen LogP contribution is -2.31. The van der Waals surface area contributed by atoms with Gasteiger partial charge in [-0.1, -0.05) is 50.8 Å². The maximum atomic E-state index is 13.0. The number of amides is 1. The van der Waals surface area contributed by atoms with Crippen LogP contribution in [-0.2, 0) is 4.79 Å². The van der Waals surface area contributed by atoms with Crippen LogP contribution in [0.2, 0.25) is 0 Å². The fourth-order valence-electron chi connectivity index (χ4n) is 2.76. The molecule has 6 nitrogen and oxygen atoms in total. The Bertz CT molecular complexity index is 981. The lowest BCUT2D eigenvalue weighted by atomic mass is 10.2. The van der Waals surface area contributed by atoms with E-state index < -0.39 is 0 Å². The van der Waals surface area contributed by atoms with Crippen LogP contribution in [0.4, 0.5) is 5.82 Å². The molecular weight excluding hydrogens is 380 g/mol. The van der Waals surface area contributed by atoms with Crippen LogP contribution >= 0.6 is 24.0 Å². The summed E-state index contributed by atoms with van der Waals surface area (Å²) >= 11 is 6.59. The molecule has 0 aliphatic carbocycles. The van der Waals surface area contributed by atoms with Crippen molar-refractivity contribution >= 4 is 51.7 Å². The fraction of sp³-hybridized carbons (Fsp3) is 0.368. The Morgan fingerprint density at radius 1 is 1.33 bits per heavy atom. The molecule has 8 heteroatoms. The number of hydrogen-bond donors (Lipinski definition) is 1. The molecule has 1 saturated heterocycles. The number of hydrogen-bond acceptors (Lipinski definition) is 6. The number of fused-ring (bicyclic) bond motifs is 1. The summed E-state index contributed by atoms with van der Waals surface area (Å²) in [6.45, 7) is 7.36. The van der Waals surface area contributed by atoms with Crippen LogP contribution in [0.1, 0.15) is 32.8 Å². The maximum Gasteiger partial charge on any atom is 0.267 e. The number of nitrogens with zero attached hydrogens (tertiary/aromatic N) is 3. The number of anilines is 1. The predicted octanol–water partition coefficient (Wildman–Crippen LogP) is 3.37. The summed E-state index contributed by atoms with van der Waals surface area (Å²) in [5.74, 6) is 0.640. The molecule has 3 rings (SSSR count). The minimum absolute atomic E-state index is 0.155. The Balaban J connectivity index is 2.09. The molecule has 0 atom stereocenters. The Morgan fingerprint density at radius 2 is 2.11 bits per heavy atom. The number of aromatic nitrogens is 2. The third-order valence-corrected chi connectivity index (χ3v) is 5.39. The number of rotatable bonds is 6. The average molecular weight is 403 g/mol. The van der Waals surface area contributed by atoms with Gasteiger partial charge in [0, 0.05) is 19.3 Å². The van der Waals surface area contributed by atoms with Gasteiger partial charge in [-0.15, -0.1) is 0 Å². The summed E-state index contributed by atoms with van der Waals surface area (Å²) in [7, 11) is 0. The van der Waals surface area contributed by atoms with Crippen molar-refractivity contribution in [3.8, 4) is 0 Å². The van der Waals surface area contributed by atoms with Crippen LogP contribution < -0.4 is 10.9 Å². The van der Waals surface area contributed by atoms with Crippen LogP contribution in [0.15, 0.2) is 34.1 Å². The molecule has 1 amide bonds. The molecule has 0 saturated carbocycles. The summed E-state index contributed by atoms with van der Waals surface area (Å²) in [5.41, 5.74) is 0.719. The standard InChI is InChI=1S/C19H22N4O2S2/c1-4-8-20-16-13(17(24)22-9-6-5-7-15(22)21-16)10-14-18(25)23(11-12(2)3)19(26)27-14/h5-7,9-10,12,20H,4,8,11H2,1-3H3/b14-10-. The van der Waals surface area contributed by atoms with Crippen molar-refractivity contribution in [3.05, 3.63) is 45.2 Å². The van der Waals surface area contributed by atoms with E-state index in [9.17, 15) is 9.59 Å². The summed E-state index contributed by atoms with van der Waals surface area (Å²) in [6, 6.07) is 5.40. The second-order valence-corrected chi connectivity index (χ2v) is 8.40. The first-order valence-corrected chi connectivity index (χ1v) is 10.2. The Kier molecular flexibility index (Phi) is 5.96. The van der Waals surface area contributed by atoms with E-state index in [1.165, 1.54) is 16.2 Å². The topological polar surface area (TPSA) is 66.7 Å². The van der Waals surface area contributed by atoms with E-state index >= 15 is 0 Å². The van der Waals surface area contributed by atoms with Gasteiger partial charge in [0.05, 0.1) is 10.5 Å². The molecular formula is C19H22N4O2S2. The number of thiocarbonyl (C=S) groups is 1. The summed E-state index contributed by atoms with van der Waals surface area (Å²) in [4.78, 5) is 32.4. The van der Waals surface area contributed by atoms with E-state index in [2.05, 4.69) is 10.3 Å². The van der Waals surface area contributed by atoms with Gasteiger partial charge in [-0.3, -0.25) is 18.9 Å². The van der Waals surface area contributed by atoms with E-state index in [1.54, 1.807) is 29.3 Å². The molecule has 2 aromatic heterocycles. The summed E-state index contributed by atoms with van der Waals surface area (Å²) in [5, 5.41) is 3.20. The third-order valence-electron chi connectivity index (χ3n) is 4.01. The molecule has 0 spiro atoms. The molecule has 0 radical (unpaired) electrons. The van der Waals surface area contributed by atoms with Gasteiger partial charge in [0.1, 0.15) is 15.8 Å². The van der Waals surface area contributed by atoms with Crippen LogP contribution in [0.25, 0.3) is 11.7 Å². The van der Waals surface area contributed by atoms with Crippen molar-refractivity contribution in [2.75, 3.05) is 18.4 Å². The minimum atomic E-state index is -0.215. The molecule has 1 fully saturated rings. The summed E-state index contributed by atoms with van der Waals surface area (Å²) < 4.78 is 2.01. The molecule has 1 aliphatic rings. The van der Waals surface area contributed by atoms with E-state index in [4.69, 9.17) is 12.2 Å². The van der Waals surface area contributed by atoms with Crippen molar-refractivity contribution in [3.63, 3.8) is 0 Å². The van der Waals surface area contributed by atoms with Crippen molar-refractivity contribution < 1.29 is 4.79 Å². The monoisotopic (exact) mass is 402 g/mol. The maximum absolute atomic E-state index is 13.0. The summed E-state index contributed by atoms with van der Waals surface area (Å²) in [6.07, 6.45) is 4.19. The first-order chi connectivity index (χ1) is 12.9. The zero-order valence-electron chi connectivity index (χ0n) is 15.6. The van der Waals surface area contributed by atoms with Crippen molar-refractivity contribution in [1.82, 2.24) is 14.3 Å². The lowest BCUT2D eigenvalue weighted by molar-refractivity contribution is -0.122. The Labute approximate surface area is 167 Å². The number of thioether (sulfide) groups is 1. The van der Waals surface area contributed by atoms with Gasteiger partial charge in [-0.05, 0) is 30.5 Å². The Morgan fingerprint density at radius 3 is 2.81 bits per heavy atom. The molecule has 0 aromatic carbocycles. The first-order valence-electron chi connectivity index (χ1n) is 8.93. The lowest BCUT2D eigenvalue weighted by Gasteiger charge is -2.16. The minimum Gasteiger partial charge on any atom is -0.369 e. The second-order valence-electron chi connectivity index (χ2n) is 6.72. The molecule has 0 bridgehead atoms. The second kappa shape index (κ2) is 8.22. The van der Waals surface area contributed by atoms with Crippen LogP contribution in [0.3, 0.4) is 0 Å². The predicted molar refractivity (Wildman–Crippen MR) is 115 cm³/mol. The SMILES string of the molecule is CCCNc1nc2ccccn2c(=O)c1/C=C1\SC(=S)N(CC(C)C)C1=O. The van der Waals surface area contributed by atoms with Gasteiger partial charge in [-0.2, -0.15) is 0 Å². The van der Waals surface area contributed by atoms with Crippen molar-refractivity contribution in [2.45, 2.75) is 27.2 Å². The quantitative estimate of drug-likeness (QED) is 0.590. The van der Waals surface area contributed by atoms with E-state index in [0.29, 0.717) is 45.3 Å². The van der Waals surface area contributed by atoms with Crippen LogP contribution in [0.5, 0.6) is 0 Å². The number of pyridine rings is 1. The van der Waals surface area contributed by atoms with Gasteiger partial charge in [0.15, 0.2) is 0 Å². The zero-order valence-corrected chi connectivity index (χ0v) is 17.2.